The first-order chi connectivity index (χ1) is 20.4. The van der Waals surface area contributed by atoms with Gasteiger partial charge < -0.3 is 44.8 Å². The van der Waals surface area contributed by atoms with Crippen LogP contribution in [-0.4, -0.2) is 91.9 Å². The summed E-state index contributed by atoms with van der Waals surface area (Å²) < 4.78 is 18.6. The number of rotatable bonds is 4. The number of ether oxygens (including phenoxy) is 3. The number of fused-ring (bicyclic) bond motifs is 3. The summed E-state index contributed by atoms with van der Waals surface area (Å²) in [5.74, 6) is 1.57. The molecule has 9 nitrogen and oxygen atoms in total. The highest BCUT2D eigenvalue weighted by molar-refractivity contribution is 5.43. The van der Waals surface area contributed by atoms with E-state index < -0.39 is 48.5 Å². The molecule has 0 aromatic carbocycles. The summed E-state index contributed by atoms with van der Waals surface area (Å²) in [5.41, 5.74) is -0.502. The maximum Gasteiger partial charge on any atom is 0.186 e. The lowest BCUT2D eigenvalue weighted by molar-refractivity contribution is -0.303. The molecule has 250 valence electrons. The van der Waals surface area contributed by atoms with Gasteiger partial charge in [-0.3, -0.25) is 0 Å². The van der Waals surface area contributed by atoms with Crippen molar-refractivity contribution in [3.8, 4) is 0 Å². The van der Waals surface area contributed by atoms with Gasteiger partial charge in [0, 0.05) is 10.8 Å². The lowest BCUT2D eigenvalue weighted by Gasteiger charge is -2.63. The van der Waals surface area contributed by atoms with E-state index in [1.54, 1.807) is 13.8 Å². The zero-order valence-corrected chi connectivity index (χ0v) is 27.6. The first-order valence-electron chi connectivity index (χ1n) is 17.2. The zero-order chi connectivity index (χ0) is 32.0. The summed E-state index contributed by atoms with van der Waals surface area (Å²) in [5, 5.41) is 64.6. The molecule has 5 fully saturated rings. The summed E-state index contributed by atoms with van der Waals surface area (Å²) in [6.45, 7) is 14.6. The molecule has 2 aliphatic heterocycles. The molecule has 15 atom stereocenters. The van der Waals surface area contributed by atoms with Gasteiger partial charge in [-0.15, -0.1) is 0 Å². The molecule has 1 saturated heterocycles. The predicted molar refractivity (Wildman–Crippen MR) is 161 cm³/mol. The van der Waals surface area contributed by atoms with Crippen molar-refractivity contribution >= 4 is 0 Å². The van der Waals surface area contributed by atoms with Crippen LogP contribution in [-0.2, 0) is 14.2 Å². The second-order valence-corrected chi connectivity index (χ2v) is 17.6. The van der Waals surface area contributed by atoms with E-state index in [9.17, 15) is 30.6 Å². The van der Waals surface area contributed by atoms with E-state index in [1.807, 2.05) is 0 Å². The average molecular weight is 621 g/mol. The zero-order valence-electron chi connectivity index (χ0n) is 27.6. The van der Waals surface area contributed by atoms with Gasteiger partial charge >= 0.3 is 0 Å². The third-order valence-corrected chi connectivity index (χ3v) is 15.0. The molecular formula is C35H56O9. The summed E-state index contributed by atoms with van der Waals surface area (Å²) in [6, 6.07) is 0. The van der Waals surface area contributed by atoms with Crippen LogP contribution in [0.5, 0.6) is 0 Å². The predicted octanol–water partition coefficient (Wildman–Crippen LogP) is 3.03. The van der Waals surface area contributed by atoms with E-state index >= 15 is 0 Å². The van der Waals surface area contributed by atoms with E-state index in [1.165, 1.54) is 12.0 Å². The monoisotopic (exact) mass is 620 g/mol. The van der Waals surface area contributed by atoms with Gasteiger partial charge in [0.25, 0.3) is 0 Å². The number of aliphatic hydroxyl groups excluding tert-OH is 5. The third-order valence-electron chi connectivity index (χ3n) is 15.0. The number of aliphatic hydroxyl groups is 6. The van der Waals surface area contributed by atoms with Gasteiger partial charge in [0.1, 0.15) is 42.4 Å². The standard InChI is InChI=1S/C35H56O9/c1-17-14-19(27(39)31(4,5)41)43-26-23(17)32(6)12-13-35-16-34(35)11-10-22(44-29-25(38)24(37)18(36)15-42-29)30(2,3)20(34)8-9-21(35)33(32,7)28(26)40/h17-22,24-25,27-29,36-41H,8-16H2,1-7H3/t17-,18+,19-,20+,21+,22+,24+,25-,27-,28+,29+,32-,33-,34-,35?/m1/s1. The molecule has 5 aliphatic carbocycles. The van der Waals surface area contributed by atoms with Crippen LogP contribution in [0.1, 0.15) is 99.8 Å². The summed E-state index contributed by atoms with van der Waals surface area (Å²) >= 11 is 0. The van der Waals surface area contributed by atoms with Crippen LogP contribution in [0, 0.1) is 44.8 Å². The van der Waals surface area contributed by atoms with Gasteiger partial charge in [0.2, 0.25) is 0 Å². The molecule has 0 amide bonds. The van der Waals surface area contributed by atoms with Crippen molar-refractivity contribution in [2.45, 2.75) is 154 Å². The van der Waals surface area contributed by atoms with E-state index in [0.29, 0.717) is 24.0 Å². The Bertz CT molecular complexity index is 1210. The lowest BCUT2D eigenvalue weighted by atomic mass is 9.41. The molecular weight excluding hydrogens is 564 g/mol. The molecule has 0 aromatic heterocycles. The van der Waals surface area contributed by atoms with Crippen LogP contribution in [0.15, 0.2) is 11.3 Å². The average Bonchev–Trinajstić information content (AvgIpc) is 3.58. The molecule has 0 radical (unpaired) electrons. The van der Waals surface area contributed by atoms with E-state index in [2.05, 4.69) is 34.6 Å². The molecule has 6 N–H and O–H groups in total. The Kier molecular flexibility index (Phi) is 6.97. The Morgan fingerprint density at radius 3 is 2.25 bits per heavy atom. The van der Waals surface area contributed by atoms with E-state index in [4.69, 9.17) is 14.2 Å². The second kappa shape index (κ2) is 9.65. The number of hydrogen-bond donors (Lipinski definition) is 6. The largest absolute Gasteiger partial charge is 0.489 e. The molecule has 0 bridgehead atoms. The molecule has 2 spiro atoms. The van der Waals surface area contributed by atoms with Crippen LogP contribution in [0.3, 0.4) is 0 Å². The second-order valence-electron chi connectivity index (χ2n) is 17.6. The fourth-order valence-corrected chi connectivity index (χ4v) is 12.6. The normalized spacial score (nSPS) is 55.1. The topological polar surface area (TPSA) is 149 Å². The minimum absolute atomic E-state index is 0.0638. The molecule has 44 heavy (non-hydrogen) atoms. The molecule has 4 saturated carbocycles. The third kappa shape index (κ3) is 3.81. The van der Waals surface area contributed by atoms with Crippen molar-refractivity contribution in [2.24, 2.45) is 44.8 Å². The molecule has 2 heterocycles. The smallest absolute Gasteiger partial charge is 0.186 e. The Morgan fingerprint density at radius 2 is 1.57 bits per heavy atom. The van der Waals surface area contributed by atoms with Crippen molar-refractivity contribution in [3.63, 3.8) is 0 Å². The highest BCUT2D eigenvalue weighted by atomic mass is 16.7. The first kappa shape index (κ1) is 31.8. The van der Waals surface area contributed by atoms with Crippen LogP contribution < -0.4 is 0 Å². The molecule has 7 rings (SSSR count). The summed E-state index contributed by atoms with van der Waals surface area (Å²) in [4.78, 5) is 0. The quantitative estimate of drug-likeness (QED) is 0.261. The van der Waals surface area contributed by atoms with Crippen LogP contribution in [0.4, 0.5) is 0 Å². The first-order valence-corrected chi connectivity index (χ1v) is 17.2. The molecule has 7 aliphatic rings. The van der Waals surface area contributed by atoms with E-state index in [0.717, 1.165) is 38.5 Å². The minimum Gasteiger partial charge on any atom is -0.489 e. The van der Waals surface area contributed by atoms with Gasteiger partial charge in [0.15, 0.2) is 6.29 Å². The maximum absolute atomic E-state index is 12.3. The molecule has 1 unspecified atom stereocenters. The van der Waals surface area contributed by atoms with Crippen molar-refractivity contribution in [1.29, 1.82) is 0 Å². The van der Waals surface area contributed by atoms with Crippen molar-refractivity contribution in [1.82, 2.24) is 0 Å². The van der Waals surface area contributed by atoms with Gasteiger partial charge in [-0.1, -0.05) is 34.6 Å². The van der Waals surface area contributed by atoms with Gasteiger partial charge in [-0.2, -0.15) is 0 Å². The van der Waals surface area contributed by atoms with Crippen molar-refractivity contribution < 1.29 is 44.8 Å². The summed E-state index contributed by atoms with van der Waals surface area (Å²) in [7, 11) is 0. The highest BCUT2D eigenvalue weighted by Gasteiger charge is 2.83. The SMILES string of the molecule is C[C@@H]1C[C@H]([C@@H](O)C(C)(C)O)OC2=C1[C@@]1(C)CCC34C[C@@]35CC[C@H](O[C@@H]3OC[C@H](O)[C@H](O)[C@H]3O)C(C)(C)[C@@H]5CC[C@H]4[C@]1(C)[C@H]2O. The van der Waals surface area contributed by atoms with Gasteiger partial charge in [0.05, 0.1) is 18.3 Å². The fraction of sp³-hybridized carbons (Fsp3) is 0.943. The van der Waals surface area contributed by atoms with Gasteiger partial charge in [-0.05, 0) is 105 Å². The Morgan fingerprint density at radius 1 is 0.909 bits per heavy atom. The Hall–Kier alpha value is -0.780. The Labute approximate surface area is 262 Å². The van der Waals surface area contributed by atoms with Crippen LogP contribution >= 0.6 is 0 Å². The van der Waals surface area contributed by atoms with Crippen LogP contribution in [0.2, 0.25) is 0 Å². The Balaban J connectivity index is 1.15. The maximum atomic E-state index is 12.3. The highest BCUT2D eigenvalue weighted by Crippen LogP contribution is 2.89. The van der Waals surface area contributed by atoms with Crippen molar-refractivity contribution in [2.75, 3.05) is 6.61 Å². The van der Waals surface area contributed by atoms with E-state index in [-0.39, 0.29) is 45.7 Å². The lowest BCUT2D eigenvalue weighted by Crippen LogP contribution is -2.61. The molecule has 0 aromatic rings. The molecule has 9 heteroatoms. The fourth-order valence-electron chi connectivity index (χ4n) is 12.6. The summed E-state index contributed by atoms with van der Waals surface area (Å²) in [6.07, 6.45) is 0.672. The minimum atomic E-state index is -1.30. The van der Waals surface area contributed by atoms with Crippen molar-refractivity contribution in [3.05, 3.63) is 11.3 Å². The number of hydrogen-bond acceptors (Lipinski definition) is 9. The van der Waals surface area contributed by atoms with Crippen LogP contribution in [0.25, 0.3) is 0 Å². The number of allylic oxidation sites excluding steroid dienone is 1. The van der Waals surface area contributed by atoms with Gasteiger partial charge in [-0.25, -0.2) is 0 Å².